The average molecular weight is 255 g/mol. The van der Waals surface area contributed by atoms with Gasteiger partial charge < -0.3 is 19.9 Å². The Hall–Kier alpha value is -1.07. The molecule has 2 atom stereocenters. The molecule has 0 radical (unpaired) electrons. The summed E-state index contributed by atoms with van der Waals surface area (Å²) in [6.07, 6.45) is 0. The van der Waals surface area contributed by atoms with Crippen molar-refractivity contribution in [2.45, 2.75) is 11.3 Å². The summed E-state index contributed by atoms with van der Waals surface area (Å²) in [5, 5.41) is 0.282. The van der Waals surface area contributed by atoms with E-state index in [-0.39, 0.29) is 11.3 Å². The molecule has 0 aliphatic carbocycles. The van der Waals surface area contributed by atoms with E-state index in [0.717, 1.165) is 17.1 Å². The van der Waals surface area contributed by atoms with E-state index in [4.69, 9.17) is 19.9 Å². The number of hydrogen-bond acceptors (Lipinski definition) is 5. The fraction of sp³-hybridized carbons (Fsp3) is 0.500. The molecule has 0 spiro atoms. The molecule has 0 amide bonds. The van der Waals surface area contributed by atoms with Crippen molar-refractivity contribution in [3.8, 4) is 17.2 Å². The Morgan fingerprint density at radius 2 is 1.65 bits per heavy atom. The number of benzene rings is 1. The summed E-state index contributed by atoms with van der Waals surface area (Å²) in [6, 6.07) is 3.99. The highest BCUT2D eigenvalue weighted by Gasteiger charge is 2.33. The maximum absolute atomic E-state index is 5.99. The minimum atomic E-state index is 0.187. The Morgan fingerprint density at radius 1 is 1.06 bits per heavy atom. The van der Waals surface area contributed by atoms with Crippen LogP contribution in [0.3, 0.4) is 0 Å². The lowest BCUT2D eigenvalue weighted by molar-refractivity contribution is 0.347. The molecule has 1 heterocycles. The van der Waals surface area contributed by atoms with Crippen LogP contribution < -0.4 is 19.9 Å². The van der Waals surface area contributed by atoms with Crippen LogP contribution in [0.4, 0.5) is 0 Å². The standard InChI is InChI=1S/C12H17NO3S/c1-14-9-5-11(16-3)10(15-2)4-7(9)12-8(13)6-17-12/h4-5,8,12H,6,13H2,1-3H3. The molecular weight excluding hydrogens is 238 g/mol. The second-order valence-electron chi connectivity index (χ2n) is 3.87. The number of methoxy groups -OCH3 is 3. The molecule has 17 heavy (non-hydrogen) atoms. The van der Waals surface area contributed by atoms with Gasteiger partial charge in [0.05, 0.1) is 21.3 Å². The third kappa shape index (κ3) is 2.17. The monoisotopic (exact) mass is 255 g/mol. The molecule has 2 N–H and O–H groups in total. The second kappa shape index (κ2) is 5.06. The summed E-state index contributed by atoms with van der Waals surface area (Å²) < 4.78 is 15.9. The molecule has 0 saturated carbocycles. The Labute approximate surface area is 105 Å². The maximum atomic E-state index is 5.99. The molecular formula is C12H17NO3S. The summed E-state index contributed by atoms with van der Waals surface area (Å²) in [7, 11) is 4.89. The van der Waals surface area contributed by atoms with Gasteiger partial charge in [0.1, 0.15) is 5.75 Å². The number of ether oxygens (including phenoxy) is 3. The number of hydrogen-bond donors (Lipinski definition) is 1. The first-order chi connectivity index (χ1) is 8.21. The van der Waals surface area contributed by atoms with E-state index in [1.54, 1.807) is 21.3 Å². The van der Waals surface area contributed by atoms with E-state index < -0.39 is 0 Å². The van der Waals surface area contributed by atoms with E-state index in [2.05, 4.69) is 0 Å². The Morgan fingerprint density at radius 3 is 2.06 bits per heavy atom. The highest BCUT2D eigenvalue weighted by molar-refractivity contribution is 8.01. The molecule has 1 saturated heterocycles. The van der Waals surface area contributed by atoms with Gasteiger partial charge in [-0.25, -0.2) is 0 Å². The van der Waals surface area contributed by atoms with E-state index in [1.807, 2.05) is 23.9 Å². The molecule has 1 aromatic carbocycles. The third-order valence-electron chi connectivity index (χ3n) is 2.90. The lowest BCUT2D eigenvalue weighted by Gasteiger charge is -2.34. The maximum Gasteiger partial charge on any atom is 0.164 e. The molecule has 1 fully saturated rings. The first-order valence-electron chi connectivity index (χ1n) is 5.38. The van der Waals surface area contributed by atoms with Crippen LogP contribution >= 0.6 is 11.8 Å². The highest BCUT2D eigenvalue weighted by Crippen LogP contribution is 2.48. The average Bonchev–Trinajstić information content (AvgIpc) is 2.36. The van der Waals surface area contributed by atoms with Gasteiger partial charge in [0.15, 0.2) is 11.5 Å². The summed E-state index contributed by atoms with van der Waals surface area (Å²) in [5.74, 6) is 3.17. The van der Waals surface area contributed by atoms with Gasteiger partial charge in [-0.05, 0) is 6.07 Å². The largest absolute Gasteiger partial charge is 0.496 e. The van der Waals surface area contributed by atoms with Crippen molar-refractivity contribution in [3.63, 3.8) is 0 Å². The van der Waals surface area contributed by atoms with E-state index in [9.17, 15) is 0 Å². The Bertz CT molecular complexity index is 411. The predicted octanol–water partition coefficient (Wildman–Crippen LogP) is 1.83. The van der Waals surface area contributed by atoms with Crippen LogP contribution in [0.1, 0.15) is 10.8 Å². The van der Waals surface area contributed by atoms with Crippen LogP contribution in [0, 0.1) is 0 Å². The topological polar surface area (TPSA) is 53.7 Å². The summed E-state index contributed by atoms with van der Waals surface area (Å²) in [5.41, 5.74) is 7.07. The van der Waals surface area contributed by atoms with E-state index >= 15 is 0 Å². The van der Waals surface area contributed by atoms with Crippen molar-refractivity contribution in [2.75, 3.05) is 27.1 Å². The molecule has 0 aromatic heterocycles. The van der Waals surface area contributed by atoms with Crippen LogP contribution in [0.2, 0.25) is 0 Å². The molecule has 1 aliphatic rings. The van der Waals surface area contributed by atoms with Crippen molar-refractivity contribution in [3.05, 3.63) is 17.7 Å². The van der Waals surface area contributed by atoms with Gasteiger partial charge in [0.25, 0.3) is 0 Å². The van der Waals surface area contributed by atoms with Crippen molar-refractivity contribution < 1.29 is 14.2 Å². The fourth-order valence-electron chi connectivity index (χ4n) is 1.90. The first-order valence-corrected chi connectivity index (χ1v) is 6.43. The van der Waals surface area contributed by atoms with Crippen LogP contribution in [0.5, 0.6) is 17.2 Å². The second-order valence-corrected chi connectivity index (χ2v) is 5.04. The van der Waals surface area contributed by atoms with E-state index in [0.29, 0.717) is 11.5 Å². The minimum Gasteiger partial charge on any atom is -0.496 e. The molecule has 94 valence electrons. The van der Waals surface area contributed by atoms with Gasteiger partial charge >= 0.3 is 0 Å². The quantitative estimate of drug-likeness (QED) is 0.889. The zero-order valence-electron chi connectivity index (χ0n) is 10.2. The van der Waals surface area contributed by atoms with Crippen LogP contribution in [-0.4, -0.2) is 33.1 Å². The minimum absolute atomic E-state index is 0.187. The molecule has 5 heteroatoms. The SMILES string of the molecule is COc1cc(OC)c(C2SCC2N)cc1OC. The summed E-state index contributed by atoms with van der Waals surface area (Å²) in [6.45, 7) is 0. The predicted molar refractivity (Wildman–Crippen MR) is 69.3 cm³/mol. The van der Waals surface area contributed by atoms with Crippen LogP contribution in [0.25, 0.3) is 0 Å². The zero-order chi connectivity index (χ0) is 12.4. The smallest absolute Gasteiger partial charge is 0.164 e. The molecule has 1 aromatic rings. The van der Waals surface area contributed by atoms with Gasteiger partial charge in [-0.3, -0.25) is 0 Å². The van der Waals surface area contributed by atoms with Gasteiger partial charge in [0, 0.05) is 28.7 Å². The molecule has 2 unspecified atom stereocenters. The van der Waals surface area contributed by atoms with Crippen molar-refractivity contribution in [1.82, 2.24) is 0 Å². The van der Waals surface area contributed by atoms with Crippen molar-refractivity contribution in [2.24, 2.45) is 5.73 Å². The third-order valence-corrected chi connectivity index (χ3v) is 4.44. The van der Waals surface area contributed by atoms with Crippen molar-refractivity contribution in [1.29, 1.82) is 0 Å². The van der Waals surface area contributed by atoms with Gasteiger partial charge in [-0.15, -0.1) is 0 Å². The van der Waals surface area contributed by atoms with E-state index in [1.165, 1.54) is 0 Å². The van der Waals surface area contributed by atoms with Gasteiger partial charge in [-0.2, -0.15) is 11.8 Å². The highest BCUT2D eigenvalue weighted by atomic mass is 32.2. The van der Waals surface area contributed by atoms with Crippen molar-refractivity contribution >= 4 is 11.8 Å². The lowest BCUT2D eigenvalue weighted by atomic mass is 10.0. The molecule has 4 nitrogen and oxygen atoms in total. The van der Waals surface area contributed by atoms with Gasteiger partial charge in [-0.1, -0.05) is 0 Å². The Balaban J connectivity index is 2.42. The number of rotatable bonds is 4. The first kappa shape index (κ1) is 12.4. The van der Waals surface area contributed by atoms with Crippen LogP contribution in [0.15, 0.2) is 12.1 Å². The molecule has 1 aliphatic heterocycles. The Kier molecular flexibility index (Phi) is 3.69. The molecule has 2 rings (SSSR count). The number of thioether (sulfide) groups is 1. The zero-order valence-corrected chi connectivity index (χ0v) is 11.0. The van der Waals surface area contributed by atoms with Crippen LogP contribution in [-0.2, 0) is 0 Å². The van der Waals surface area contributed by atoms with Gasteiger partial charge in [0.2, 0.25) is 0 Å². The molecule has 0 bridgehead atoms. The fourth-order valence-corrected chi connectivity index (χ4v) is 2.87. The number of nitrogens with two attached hydrogens (primary N) is 1. The normalized spacial score (nSPS) is 22.8. The lowest BCUT2D eigenvalue weighted by Crippen LogP contribution is -2.37. The summed E-state index contributed by atoms with van der Waals surface area (Å²) >= 11 is 1.83. The summed E-state index contributed by atoms with van der Waals surface area (Å²) in [4.78, 5) is 0.